The van der Waals surface area contributed by atoms with Crippen molar-refractivity contribution in [2.24, 2.45) is 0 Å². The van der Waals surface area contributed by atoms with Crippen molar-refractivity contribution in [1.29, 1.82) is 0 Å². The van der Waals surface area contributed by atoms with Crippen molar-refractivity contribution in [2.75, 3.05) is 10.0 Å². The topological polar surface area (TPSA) is 128 Å². The average Bonchev–Trinajstić information content (AvgIpc) is 3.17. The van der Waals surface area contributed by atoms with E-state index in [1.165, 1.54) is 49.4 Å². The summed E-state index contributed by atoms with van der Waals surface area (Å²) in [6.07, 6.45) is -0.912. The minimum Gasteiger partial charge on any atom is -0.449 e. The van der Waals surface area contributed by atoms with Crippen molar-refractivity contribution in [2.45, 2.75) is 38.2 Å². The van der Waals surface area contributed by atoms with Crippen LogP contribution in [0.15, 0.2) is 57.9 Å². The number of aryl methyl sites for hydroxylation is 2. The maximum Gasteiger partial charge on any atom is 0.338 e. The third-order valence-electron chi connectivity index (χ3n) is 4.60. The summed E-state index contributed by atoms with van der Waals surface area (Å²) in [6, 6.07) is 10.6. The molecule has 0 saturated carbocycles. The Kier molecular flexibility index (Phi) is 7.12. The summed E-state index contributed by atoms with van der Waals surface area (Å²) < 4.78 is 51.4. The van der Waals surface area contributed by atoms with Gasteiger partial charge >= 0.3 is 5.97 Å². The van der Waals surface area contributed by atoms with Crippen LogP contribution in [0.5, 0.6) is 0 Å². The van der Waals surface area contributed by atoms with Crippen LogP contribution in [-0.2, 0) is 19.6 Å². The summed E-state index contributed by atoms with van der Waals surface area (Å²) in [7, 11) is -4.09. The van der Waals surface area contributed by atoms with E-state index in [1.54, 1.807) is 13.8 Å². The molecule has 1 heterocycles. The number of anilines is 2. The van der Waals surface area contributed by atoms with E-state index in [9.17, 15) is 22.4 Å². The number of carbonyl (C=O) groups excluding carboxylic acids is 2. The number of sulfonamides is 1. The van der Waals surface area contributed by atoms with Gasteiger partial charge in [0.05, 0.1) is 10.5 Å². The number of ether oxygens (including phenoxy) is 1. The SMILES string of the molecule is CCC(OC(=O)c1cccc(NS(=O)(=O)c2ccc(C)c(F)c2)c1)C(=O)Nc1cc(C)on1. The lowest BCUT2D eigenvalue weighted by Crippen LogP contribution is -2.32. The molecule has 1 amide bonds. The number of rotatable bonds is 8. The molecule has 0 fully saturated rings. The molecule has 0 aliphatic rings. The molecule has 1 aromatic heterocycles. The van der Waals surface area contributed by atoms with Crippen molar-refractivity contribution in [3.8, 4) is 0 Å². The van der Waals surface area contributed by atoms with Gasteiger partial charge in [-0.3, -0.25) is 9.52 Å². The molecule has 3 aromatic rings. The Labute approximate surface area is 190 Å². The van der Waals surface area contributed by atoms with Gasteiger partial charge in [-0.2, -0.15) is 0 Å². The number of amides is 1. The lowest BCUT2D eigenvalue weighted by atomic mass is 10.2. The summed E-state index contributed by atoms with van der Waals surface area (Å²) in [6.45, 7) is 4.85. The highest BCUT2D eigenvalue weighted by atomic mass is 32.2. The van der Waals surface area contributed by atoms with Crippen molar-refractivity contribution in [1.82, 2.24) is 5.16 Å². The van der Waals surface area contributed by atoms with E-state index in [0.717, 1.165) is 6.07 Å². The fourth-order valence-electron chi connectivity index (χ4n) is 2.82. The molecule has 0 aliphatic carbocycles. The monoisotopic (exact) mass is 475 g/mol. The molecule has 0 radical (unpaired) electrons. The first-order valence-electron chi connectivity index (χ1n) is 9.93. The van der Waals surface area contributed by atoms with Crippen LogP contribution in [0.3, 0.4) is 0 Å². The number of hydrogen-bond donors (Lipinski definition) is 2. The summed E-state index contributed by atoms with van der Waals surface area (Å²) in [5.41, 5.74) is 0.404. The van der Waals surface area contributed by atoms with E-state index >= 15 is 0 Å². The number of aromatic nitrogens is 1. The van der Waals surface area contributed by atoms with Crippen LogP contribution in [0.4, 0.5) is 15.9 Å². The second kappa shape index (κ2) is 9.82. The molecular formula is C22H22FN3O6S. The van der Waals surface area contributed by atoms with Gasteiger partial charge < -0.3 is 14.6 Å². The number of nitrogens with zero attached hydrogens (tertiary/aromatic N) is 1. The van der Waals surface area contributed by atoms with Crippen LogP contribution < -0.4 is 10.0 Å². The number of nitrogens with one attached hydrogen (secondary N) is 2. The maximum absolute atomic E-state index is 13.8. The van der Waals surface area contributed by atoms with Crippen molar-refractivity contribution in [3.05, 3.63) is 71.2 Å². The number of benzene rings is 2. The molecule has 1 atom stereocenters. The highest BCUT2D eigenvalue weighted by Gasteiger charge is 2.24. The first-order valence-corrected chi connectivity index (χ1v) is 11.4. The zero-order chi connectivity index (χ0) is 24.2. The number of halogens is 1. The van der Waals surface area contributed by atoms with Crippen LogP contribution in [0.1, 0.15) is 35.0 Å². The van der Waals surface area contributed by atoms with E-state index in [2.05, 4.69) is 15.2 Å². The fraction of sp³-hybridized carbons (Fsp3) is 0.227. The Morgan fingerprint density at radius 3 is 2.55 bits per heavy atom. The zero-order valence-corrected chi connectivity index (χ0v) is 18.9. The smallest absolute Gasteiger partial charge is 0.338 e. The highest BCUT2D eigenvalue weighted by Crippen LogP contribution is 2.20. The molecular weight excluding hydrogens is 453 g/mol. The largest absolute Gasteiger partial charge is 0.449 e. The third kappa shape index (κ3) is 5.95. The van der Waals surface area contributed by atoms with Crippen molar-refractivity contribution < 1.29 is 31.7 Å². The predicted molar refractivity (Wildman–Crippen MR) is 118 cm³/mol. The summed E-state index contributed by atoms with van der Waals surface area (Å²) in [5, 5.41) is 6.15. The van der Waals surface area contributed by atoms with Gasteiger partial charge in [0.1, 0.15) is 11.6 Å². The molecule has 2 aromatic carbocycles. The molecule has 0 spiro atoms. The molecule has 0 aliphatic heterocycles. The van der Waals surface area contributed by atoms with E-state index in [-0.39, 0.29) is 28.4 Å². The first-order chi connectivity index (χ1) is 15.6. The minimum absolute atomic E-state index is 0.0221. The molecule has 33 heavy (non-hydrogen) atoms. The first kappa shape index (κ1) is 23.9. The van der Waals surface area contributed by atoms with E-state index < -0.39 is 33.8 Å². The maximum atomic E-state index is 13.8. The lowest BCUT2D eigenvalue weighted by Gasteiger charge is -2.15. The van der Waals surface area contributed by atoms with Crippen LogP contribution in [0.2, 0.25) is 0 Å². The van der Waals surface area contributed by atoms with Gasteiger partial charge in [0, 0.05) is 11.8 Å². The van der Waals surface area contributed by atoms with Gasteiger partial charge in [0.15, 0.2) is 11.9 Å². The molecule has 0 bridgehead atoms. The average molecular weight is 475 g/mol. The molecule has 11 heteroatoms. The molecule has 174 valence electrons. The number of esters is 1. The Morgan fingerprint density at radius 1 is 1.15 bits per heavy atom. The second-order valence-electron chi connectivity index (χ2n) is 7.21. The standard InChI is InChI=1S/C22H22FN3O6S/c1-4-19(21(27)24-20-10-14(3)32-25-20)31-22(28)15-6-5-7-16(11-15)26-33(29,30)17-9-8-13(2)18(23)12-17/h5-12,19,26H,4H2,1-3H3,(H,24,25,27). The zero-order valence-electron chi connectivity index (χ0n) is 18.1. The summed E-state index contributed by atoms with van der Waals surface area (Å²) in [4.78, 5) is 24.7. The van der Waals surface area contributed by atoms with Gasteiger partial charge in [0.25, 0.3) is 15.9 Å². The second-order valence-corrected chi connectivity index (χ2v) is 8.89. The molecule has 0 saturated heterocycles. The van der Waals surface area contributed by atoms with E-state index in [4.69, 9.17) is 9.26 Å². The van der Waals surface area contributed by atoms with E-state index in [0.29, 0.717) is 11.3 Å². The minimum atomic E-state index is -4.09. The Hall–Kier alpha value is -3.73. The highest BCUT2D eigenvalue weighted by molar-refractivity contribution is 7.92. The van der Waals surface area contributed by atoms with Crippen molar-refractivity contribution >= 4 is 33.4 Å². The normalized spacial score (nSPS) is 12.1. The van der Waals surface area contributed by atoms with Gasteiger partial charge in [-0.15, -0.1) is 0 Å². The van der Waals surface area contributed by atoms with Gasteiger partial charge in [0.2, 0.25) is 0 Å². The van der Waals surface area contributed by atoms with Gasteiger partial charge in [-0.25, -0.2) is 17.6 Å². The molecule has 9 nitrogen and oxygen atoms in total. The van der Waals surface area contributed by atoms with Gasteiger partial charge in [-0.05, 0) is 56.2 Å². The fourth-order valence-corrected chi connectivity index (χ4v) is 3.88. The lowest BCUT2D eigenvalue weighted by molar-refractivity contribution is -0.124. The van der Waals surface area contributed by atoms with Crippen LogP contribution in [-0.4, -0.2) is 31.6 Å². The van der Waals surface area contributed by atoms with E-state index in [1.807, 2.05) is 0 Å². The molecule has 3 rings (SSSR count). The molecule has 2 N–H and O–H groups in total. The quantitative estimate of drug-likeness (QED) is 0.474. The summed E-state index contributed by atoms with van der Waals surface area (Å²) in [5.74, 6) is -1.37. The third-order valence-corrected chi connectivity index (χ3v) is 5.97. The number of carbonyl (C=O) groups is 2. The van der Waals surface area contributed by atoms with Crippen LogP contribution in [0, 0.1) is 19.7 Å². The van der Waals surface area contributed by atoms with Crippen LogP contribution >= 0.6 is 0 Å². The Balaban J connectivity index is 1.71. The summed E-state index contributed by atoms with van der Waals surface area (Å²) >= 11 is 0. The van der Waals surface area contributed by atoms with Crippen molar-refractivity contribution in [3.63, 3.8) is 0 Å². The number of hydrogen-bond acceptors (Lipinski definition) is 7. The van der Waals surface area contributed by atoms with Gasteiger partial charge in [-0.1, -0.05) is 24.2 Å². The predicted octanol–water partition coefficient (Wildman–Crippen LogP) is 3.81. The Bertz CT molecular complexity index is 1290. The molecule has 1 unspecified atom stereocenters. The Morgan fingerprint density at radius 2 is 1.91 bits per heavy atom. The van der Waals surface area contributed by atoms with Crippen LogP contribution in [0.25, 0.3) is 0 Å².